The van der Waals surface area contributed by atoms with Crippen LogP contribution in [0.3, 0.4) is 0 Å². The first kappa shape index (κ1) is 21.1. The largest absolute Gasteiger partial charge is 0.365 e. The molecular formula is C17H17F2N7O3S. The molecule has 2 heterocycles. The van der Waals surface area contributed by atoms with Gasteiger partial charge in [-0.3, -0.25) is 19.6 Å². The Kier molecular flexibility index (Phi) is 6.20. The SMILES string of the molecule is NC(=O)c1c(-c2ccc(NS(=O)(=O)CCC(F)F)cc2)n[nH]c1Nc1cnccn1. The van der Waals surface area contributed by atoms with Crippen LogP contribution in [0.15, 0.2) is 42.9 Å². The summed E-state index contributed by atoms with van der Waals surface area (Å²) in [6, 6.07) is 5.87. The topological polar surface area (TPSA) is 156 Å². The Bertz CT molecular complexity index is 1120. The second kappa shape index (κ2) is 8.82. The Hall–Kier alpha value is -3.61. The van der Waals surface area contributed by atoms with Gasteiger partial charge in [0.2, 0.25) is 16.4 Å². The Labute approximate surface area is 170 Å². The minimum absolute atomic E-state index is 0.0749. The molecule has 30 heavy (non-hydrogen) atoms. The molecule has 158 valence electrons. The van der Waals surface area contributed by atoms with E-state index >= 15 is 0 Å². The number of halogens is 2. The van der Waals surface area contributed by atoms with E-state index in [2.05, 4.69) is 30.2 Å². The minimum Gasteiger partial charge on any atom is -0.365 e. The van der Waals surface area contributed by atoms with Crippen molar-refractivity contribution in [3.63, 3.8) is 0 Å². The number of aromatic nitrogens is 4. The molecule has 1 aromatic carbocycles. The van der Waals surface area contributed by atoms with Crippen LogP contribution in [-0.2, 0) is 10.0 Å². The summed E-state index contributed by atoms with van der Waals surface area (Å²) >= 11 is 0. The number of hydrogen-bond acceptors (Lipinski definition) is 7. The van der Waals surface area contributed by atoms with Gasteiger partial charge in [-0.2, -0.15) is 5.10 Å². The van der Waals surface area contributed by atoms with E-state index in [1.54, 1.807) is 0 Å². The lowest BCUT2D eigenvalue weighted by Crippen LogP contribution is -2.18. The van der Waals surface area contributed by atoms with Crippen LogP contribution in [0, 0.1) is 0 Å². The Morgan fingerprint density at radius 2 is 1.93 bits per heavy atom. The molecule has 10 nitrogen and oxygen atoms in total. The first-order valence-corrected chi connectivity index (χ1v) is 10.2. The van der Waals surface area contributed by atoms with Gasteiger partial charge in [-0.25, -0.2) is 22.2 Å². The van der Waals surface area contributed by atoms with E-state index in [9.17, 15) is 22.0 Å². The van der Waals surface area contributed by atoms with Gasteiger partial charge in [0, 0.05) is 30.1 Å². The molecule has 0 unspecified atom stereocenters. The molecule has 0 aliphatic heterocycles. The van der Waals surface area contributed by atoms with Crippen molar-refractivity contribution in [2.24, 2.45) is 5.73 Å². The number of nitrogens with one attached hydrogen (secondary N) is 3. The van der Waals surface area contributed by atoms with Gasteiger partial charge in [-0.15, -0.1) is 0 Å². The zero-order chi connectivity index (χ0) is 21.7. The highest BCUT2D eigenvalue weighted by Gasteiger charge is 2.20. The number of nitrogens with zero attached hydrogens (tertiary/aromatic N) is 3. The summed E-state index contributed by atoms with van der Waals surface area (Å²) in [5.41, 5.74) is 6.46. The average molecular weight is 437 g/mol. The van der Waals surface area contributed by atoms with Crippen LogP contribution >= 0.6 is 0 Å². The van der Waals surface area contributed by atoms with E-state index in [-0.39, 0.29) is 22.8 Å². The Morgan fingerprint density at radius 1 is 1.20 bits per heavy atom. The van der Waals surface area contributed by atoms with Gasteiger partial charge in [-0.05, 0) is 12.1 Å². The average Bonchev–Trinajstić information content (AvgIpc) is 3.11. The summed E-state index contributed by atoms with van der Waals surface area (Å²) in [5.74, 6) is -0.866. The van der Waals surface area contributed by atoms with Crippen LogP contribution in [0.5, 0.6) is 0 Å². The molecule has 0 bridgehead atoms. The van der Waals surface area contributed by atoms with Crippen LogP contribution in [0.1, 0.15) is 16.8 Å². The number of rotatable bonds is 9. The lowest BCUT2D eigenvalue weighted by atomic mass is 10.1. The molecule has 0 saturated heterocycles. The van der Waals surface area contributed by atoms with Gasteiger partial charge >= 0.3 is 0 Å². The van der Waals surface area contributed by atoms with Crippen LogP contribution in [-0.4, -0.2) is 46.7 Å². The summed E-state index contributed by atoms with van der Waals surface area (Å²) in [5, 5.41) is 9.63. The van der Waals surface area contributed by atoms with Gasteiger partial charge in [0.1, 0.15) is 22.9 Å². The first-order chi connectivity index (χ1) is 14.2. The number of carbonyl (C=O) groups excluding carboxylic acids is 1. The quantitative estimate of drug-likeness (QED) is 0.399. The lowest BCUT2D eigenvalue weighted by molar-refractivity contribution is 0.100. The highest BCUT2D eigenvalue weighted by molar-refractivity contribution is 7.92. The maximum atomic E-state index is 12.2. The first-order valence-electron chi connectivity index (χ1n) is 8.55. The number of H-pyrrole nitrogens is 1. The van der Waals surface area contributed by atoms with Crippen LogP contribution in [0.4, 0.5) is 26.1 Å². The Balaban J connectivity index is 1.82. The second-order valence-corrected chi connectivity index (χ2v) is 7.92. The van der Waals surface area contributed by atoms with Crippen LogP contribution in [0.25, 0.3) is 11.3 Å². The van der Waals surface area contributed by atoms with E-state index in [4.69, 9.17) is 5.73 Å². The number of nitrogens with two attached hydrogens (primary N) is 1. The fraction of sp³-hybridized carbons (Fsp3) is 0.176. The molecule has 0 aliphatic rings. The minimum atomic E-state index is -3.91. The maximum absolute atomic E-state index is 12.2. The second-order valence-electron chi connectivity index (χ2n) is 6.08. The van der Waals surface area contributed by atoms with Crippen molar-refractivity contribution in [1.82, 2.24) is 20.2 Å². The number of primary amides is 1. The third-order valence-corrected chi connectivity index (χ3v) is 5.19. The molecular weight excluding hydrogens is 420 g/mol. The molecule has 0 aliphatic carbocycles. The molecule has 3 aromatic rings. The summed E-state index contributed by atoms with van der Waals surface area (Å²) in [7, 11) is -3.91. The van der Waals surface area contributed by atoms with Gasteiger partial charge in [0.15, 0.2) is 0 Å². The van der Waals surface area contributed by atoms with Crippen LogP contribution < -0.4 is 15.8 Å². The van der Waals surface area contributed by atoms with E-state index in [1.807, 2.05) is 0 Å². The van der Waals surface area contributed by atoms with Crippen molar-refractivity contribution in [2.45, 2.75) is 12.8 Å². The number of alkyl halides is 2. The Morgan fingerprint density at radius 3 is 2.53 bits per heavy atom. The molecule has 5 N–H and O–H groups in total. The van der Waals surface area contributed by atoms with Gasteiger partial charge in [0.05, 0.1) is 11.9 Å². The highest BCUT2D eigenvalue weighted by Crippen LogP contribution is 2.29. The number of benzene rings is 1. The number of anilines is 3. The van der Waals surface area contributed by atoms with Gasteiger partial charge in [0.25, 0.3) is 5.91 Å². The predicted octanol–water partition coefficient (Wildman–Crippen LogP) is 2.11. The van der Waals surface area contributed by atoms with Crippen LogP contribution in [0.2, 0.25) is 0 Å². The van der Waals surface area contributed by atoms with Crippen molar-refractivity contribution in [1.29, 1.82) is 0 Å². The summed E-state index contributed by atoms with van der Waals surface area (Å²) < 4.78 is 50.4. The smallest absolute Gasteiger partial charge is 0.254 e. The highest BCUT2D eigenvalue weighted by atomic mass is 32.2. The van der Waals surface area contributed by atoms with Crippen molar-refractivity contribution >= 4 is 33.3 Å². The molecule has 0 spiro atoms. The van der Waals surface area contributed by atoms with Crippen molar-refractivity contribution in [3.05, 3.63) is 48.4 Å². The molecule has 13 heteroatoms. The standard InChI is InChI=1S/C17H17F2N7O3S/c18-12(19)5-8-30(28,29)26-11-3-1-10(2-4-11)15-14(16(20)27)17(25-24-15)23-13-9-21-6-7-22-13/h1-4,6-7,9,12,26H,5,8H2,(H2,20,27)(H2,22,23,24,25). The number of hydrogen-bond donors (Lipinski definition) is 4. The normalized spacial score (nSPS) is 11.4. The maximum Gasteiger partial charge on any atom is 0.254 e. The third kappa shape index (κ3) is 5.26. The van der Waals surface area contributed by atoms with Crippen molar-refractivity contribution in [2.75, 3.05) is 15.8 Å². The number of sulfonamides is 1. The fourth-order valence-corrected chi connectivity index (χ4v) is 3.63. The van der Waals surface area contributed by atoms with E-state index in [0.717, 1.165) is 0 Å². The summed E-state index contributed by atoms with van der Waals surface area (Å²) in [4.78, 5) is 19.9. The summed E-state index contributed by atoms with van der Waals surface area (Å²) in [6.45, 7) is 0. The van der Waals surface area contributed by atoms with E-state index in [0.29, 0.717) is 11.4 Å². The van der Waals surface area contributed by atoms with Gasteiger partial charge in [-0.1, -0.05) is 12.1 Å². The van der Waals surface area contributed by atoms with E-state index < -0.39 is 34.5 Å². The number of amides is 1. The lowest BCUT2D eigenvalue weighted by Gasteiger charge is -2.09. The van der Waals surface area contributed by atoms with Crippen molar-refractivity contribution < 1.29 is 22.0 Å². The number of carbonyl (C=O) groups is 1. The molecule has 3 rings (SSSR count). The molecule has 0 atom stereocenters. The van der Waals surface area contributed by atoms with Gasteiger partial charge < -0.3 is 11.1 Å². The monoisotopic (exact) mass is 437 g/mol. The van der Waals surface area contributed by atoms with Crippen molar-refractivity contribution in [3.8, 4) is 11.3 Å². The predicted molar refractivity (Wildman–Crippen MR) is 106 cm³/mol. The number of aromatic amines is 1. The zero-order valence-corrected chi connectivity index (χ0v) is 16.2. The summed E-state index contributed by atoms with van der Waals surface area (Å²) in [6.07, 6.45) is 0.928. The molecule has 1 amide bonds. The molecule has 0 radical (unpaired) electrons. The zero-order valence-electron chi connectivity index (χ0n) is 15.3. The fourth-order valence-electron chi connectivity index (χ4n) is 2.54. The molecule has 2 aromatic heterocycles. The molecule has 0 fully saturated rings. The molecule has 0 saturated carbocycles. The third-order valence-electron chi connectivity index (χ3n) is 3.87. The van der Waals surface area contributed by atoms with E-state index in [1.165, 1.54) is 42.9 Å².